The van der Waals surface area contributed by atoms with E-state index >= 15 is 0 Å². The van der Waals surface area contributed by atoms with Crippen LogP contribution in [0.15, 0.2) is 53.7 Å². The molecule has 0 fully saturated rings. The van der Waals surface area contributed by atoms with E-state index in [-0.39, 0.29) is 5.82 Å². The second-order valence-electron chi connectivity index (χ2n) is 5.36. The first-order chi connectivity index (χ1) is 12.2. The van der Waals surface area contributed by atoms with Crippen LogP contribution >= 0.6 is 11.8 Å². The maximum absolute atomic E-state index is 13.8. The number of ether oxygens (including phenoxy) is 1. The van der Waals surface area contributed by atoms with Crippen molar-refractivity contribution < 1.29 is 9.13 Å². The van der Waals surface area contributed by atoms with Crippen molar-refractivity contribution in [3.05, 3.63) is 59.9 Å². The minimum atomic E-state index is -0.195. The highest BCUT2D eigenvalue weighted by Crippen LogP contribution is 2.32. The van der Waals surface area contributed by atoms with Crippen LogP contribution in [0.3, 0.4) is 0 Å². The van der Waals surface area contributed by atoms with Crippen LogP contribution in [0.1, 0.15) is 19.4 Å². The number of thioether (sulfide) groups is 1. The van der Waals surface area contributed by atoms with Crippen LogP contribution in [-0.2, 0) is 12.3 Å². The summed E-state index contributed by atoms with van der Waals surface area (Å²) in [7, 11) is 0. The number of para-hydroxylation sites is 1. The first-order valence-corrected chi connectivity index (χ1v) is 9.24. The van der Waals surface area contributed by atoms with Crippen molar-refractivity contribution in [1.29, 1.82) is 0 Å². The molecule has 3 rings (SSSR count). The van der Waals surface area contributed by atoms with Crippen molar-refractivity contribution in [2.24, 2.45) is 0 Å². The lowest BCUT2D eigenvalue weighted by Gasteiger charge is -2.11. The molecule has 6 heteroatoms. The van der Waals surface area contributed by atoms with Gasteiger partial charge in [-0.25, -0.2) is 4.39 Å². The zero-order valence-electron chi connectivity index (χ0n) is 14.3. The zero-order chi connectivity index (χ0) is 17.6. The van der Waals surface area contributed by atoms with E-state index in [2.05, 4.69) is 10.2 Å². The molecule has 0 bridgehead atoms. The van der Waals surface area contributed by atoms with Gasteiger partial charge in [-0.05, 0) is 37.6 Å². The number of hydrogen-bond donors (Lipinski definition) is 0. The number of aromatic nitrogens is 3. The van der Waals surface area contributed by atoms with Gasteiger partial charge in [0.2, 0.25) is 0 Å². The van der Waals surface area contributed by atoms with Crippen molar-refractivity contribution in [3.63, 3.8) is 0 Å². The smallest absolute Gasteiger partial charge is 0.191 e. The fourth-order valence-electron chi connectivity index (χ4n) is 2.57. The van der Waals surface area contributed by atoms with E-state index in [0.717, 1.165) is 28.8 Å². The van der Waals surface area contributed by atoms with Crippen molar-refractivity contribution in [2.45, 2.75) is 31.3 Å². The summed E-state index contributed by atoms with van der Waals surface area (Å²) in [6.07, 6.45) is 0. The van der Waals surface area contributed by atoms with Gasteiger partial charge in [-0.3, -0.25) is 0 Å². The molecule has 0 amide bonds. The van der Waals surface area contributed by atoms with Crippen LogP contribution < -0.4 is 4.74 Å². The molecular formula is C19H20FN3OS. The second-order valence-corrected chi connectivity index (χ2v) is 6.30. The van der Waals surface area contributed by atoms with E-state index in [0.29, 0.717) is 17.9 Å². The fourth-order valence-corrected chi connectivity index (χ4v) is 3.56. The predicted octanol–water partition coefficient (Wildman–Crippen LogP) is 4.80. The third-order valence-corrected chi connectivity index (χ3v) is 4.79. The van der Waals surface area contributed by atoms with Crippen molar-refractivity contribution in [3.8, 4) is 17.1 Å². The Bertz CT molecular complexity index is 850. The predicted molar refractivity (Wildman–Crippen MR) is 98.3 cm³/mol. The molecule has 0 N–H and O–H groups in total. The minimum Gasteiger partial charge on any atom is -0.493 e. The maximum Gasteiger partial charge on any atom is 0.191 e. The van der Waals surface area contributed by atoms with Gasteiger partial charge in [0.15, 0.2) is 11.0 Å². The summed E-state index contributed by atoms with van der Waals surface area (Å²) in [6, 6.07) is 14.6. The molecular weight excluding hydrogens is 337 g/mol. The van der Waals surface area contributed by atoms with Crippen LogP contribution in [0.4, 0.5) is 4.39 Å². The number of halogens is 1. The van der Waals surface area contributed by atoms with Gasteiger partial charge in [0.05, 0.1) is 12.2 Å². The van der Waals surface area contributed by atoms with E-state index in [1.54, 1.807) is 12.1 Å². The third kappa shape index (κ3) is 3.85. The summed E-state index contributed by atoms with van der Waals surface area (Å²) in [4.78, 5) is 0. The molecule has 0 aliphatic carbocycles. The average molecular weight is 357 g/mol. The normalized spacial score (nSPS) is 10.8. The molecule has 130 valence electrons. The molecule has 0 spiro atoms. The molecule has 2 aromatic carbocycles. The highest BCUT2D eigenvalue weighted by molar-refractivity contribution is 7.98. The molecule has 0 saturated carbocycles. The van der Waals surface area contributed by atoms with Crippen LogP contribution in [0.5, 0.6) is 5.75 Å². The molecule has 4 nitrogen and oxygen atoms in total. The van der Waals surface area contributed by atoms with Gasteiger partial charge in [0.1, 0.15) is 11.6 Å². The molecule has 25 heavy (non-hydrogen) atoms. The van der Waals surface area contributed by atoms with Gasteiger partial charge in [-0.15, -0.1) is 10.2 Å². The summed E-state index contributed by atoms with van der Waals surface area (Å²) in [5.41, 5.74) is 1.57. The summed E-state index contributed by atoms with van der Waals surface area (Å²) in [5, 5.41) is 9.43. The molecule has 0 atom stereocenters. The Hall–Kier alpha value is -2.34. The monoisotopic (exact) mass is 357 g/mol. The van der Waals surface area contributed by atoms with Gasteiger partial charge < -0.3 is 9.30 Å². The largest absolute Gasteiger partial charge is 0.493 e. The van der Waals surface area contributed by atoms with Gasteiger partial charge in [-0.1, -0.05) is 42.1 Å². The van der Waals surface area contributed by atoms with Crippen LogP contribution in [-0.4, -0.2) is 21.4 Å². The lowest BCUT2D eigenvalue weighted by atomic mass is 10.2. The van der Waals surface area contributed by atoms with Gasteiger partial charge in [0.25, 0.3) is 0 Å². The Balaban J connectivity index is 1.88. The van der Waals surface area contributed by atoms with Gasteiger partial charge >= 0.3 is 0 Å². The van der Waals surface area contributed by atoms with E-state index in [1.165, 1.54) is 17.8 Å². The summed E-state index contributed by atoms with van der Waals surface area (Å²) >= 11 is 1.48. The van der Waals surface area contributed by atoms with Crippen LogP contribution in [0.25, 0.3) is 11.4 Å². The lowest BCUT2D eigenvalue weighted by molar-refractivity contribution is 0.341. The topological polar surface area (TPSA) is 39.9 Å². The summed E-state index contributed by atoms with van der Waals surface area (Å²) in [6.45, 7) is 5.31. The Morgan fingerprint density at radius 3 is 2.56 bits per heavy atom. The molecule has 1 heterocycles. The number of rotatable bonds is 7. The van der Waals surface area contributed by atoms with Crippen molar-refractivity contribution in [1.82, 2.24) is 14.8 Å². The van der Waals surface area contributed by atoms with Crippen molar-refractivity contribution in [2.75, 3.05) is 6.61 Å². The summed E-state index contributed by atoms with van der Waals surface area (Å²) in [5.74, 6) is 1.87. The van der Waals surface area contributed by atoms with E-state index in [9.17, 15) is 4.39 Å². The Morgan fingerprint density at radius 1 is 1.04 bits per heavy atom. The van der Waals surface area contributed by atoms with Crippen LogP contribution in [0, 0.1) is 5.82 Å². The SMILES string of the molecule is CCOc1ccccc1-c1nnc(SCc2ccccc2F)n1CC. The number of hydrogen-bond acceptors (Lipinski definition) is 4. The Morgan fingerprint density at radius 2 is 1.80 bits per heavy atom. The van der Waals surface area contributed by atoms with Crippen LogP contribution in [0.2, 0.25) is 0 Å². The Labute approximate surface area is 151 Å². The lowest BCUT2D eigenvalue weighted by Crippen LogP contribution is -2.02. The maximum atomic E-state index is 13.8. The second kappa shape index (κ2) is 8.16. The summed E-state index contributed by atoms with van der Waals surface area (Å²) < 4.78 is 21.5. The molecule has 1 aromatic heterocycles. The van der Waals surface area contributed by atoms with Crippen molar-refractivity contribution >= 4 is 11.8 Å². The number of nitrogens with zero attached hydrogens (tertiary/aromatic N) is 3. The molecule has 0 radical (unpaired) electrons. The Kier molecular flexibility index (Phi) is 5.71. The molecule has 0 unspecified atom stereocenters. The highest BCUT2D eigenvalue weighted by Gasteiger charge is 2.17. The molecule has 0 aliphatic rings. The minimum absolute atomic E-state index is 0.195. The third-order valence-electron chi connectivity index (χ3n) is 3.78. The fraction of sp³-hybridized carbons (Fsp3) is 0.263. The van der Waals surface area contributed by atoms with Gasteiger partial charge in [-0.2, -0.15) is 0 Å². The first kappa shape index (κ1) is 17.5. The molecule has 0 saturated heterocycles. The average Bonchev–Trinajstić information content (AvgIpc) is 3.04. The van der Waals surface area contributed by atoms with E-state index in [1.807, 2.05) is 48.7 Å². The number of benzene rings is 2. The van der Waals surface area contributed by atoms with Gasteiger partial charge in [0, 0.05) is 12.3 Å². The standard InChI is InChI=1S/C19H20FN3OS/c1-3-23-18(15-10-6-8-12-17(15)24-4-2)21-22-19(23)25-13-14-9-5-7-11-16(14)20/h5-12H,3-4,13H2,1-2H3. The van der Waals surface area contributed by atoms with E-state index < -0.39 is 0 Å². The molecule has 3 aromatic rings. The zero-order valence-corrected chi connectivity index (χ0v) is 15.1. The molecule has 0 aliphatic heterocycles. The first-order valence-electron chi connectivity index (χ1n) is 8.26. The van der Waals surface area contributed by atoms with E-state index in [4.69, 9.17) is 4.74 Å². The highest BCUT2D eigenvalue weighted by atomic mass is 32.2. The quantitative estimate of drug-likeness (QED) is 0.570.